The molecule has 0 heterocycles. The lowest BCUT2D eigenvalue weighted by Gasteiger charge is -2.30. The lowest BCUT2D eigenvalue weighted by Crippen LogP contribution is -2.37. The first-order chi connectivity index (χ1) is 5.75. The van der Waals surface area contributed by atoms with Crippen LogP contribution in [0.4, 0.5) is 4.79 Å². The Morgan fingerprint density at radius 1 is 1.33 bits per heavy atom. The van der Waals surface area contributed by atoms with Crippen molar-refractivity contribution < 1.29 is 4.79 Å². The van der Waals surface area contributed by atoms with Crippen molar-refractivity contribution in [2.75, 3.05) is 6.00 Å². The number of carbonyl (C=O) groups is 1. The maximum absolute atomic E-state index is 10.9. The van der Waals surface area contributed by atoms with E-state index in [1.165, 1.54) is 19.3 Å². The van der Waals surface area contributed by atoms with E-state index < -0.39 is 5.37 Å². The number of alkyl halides is 1. The second-order valence-electron chi connectivity index (χ2n) is 3.13. The molecule has 1 aliphatic carbocycles. The topological polar surface area (TPSA) is 20.3 Å². The van der Waals surface area contributed by atoms with Gasteiger partial charge in [0, 0.05) is 6.04 Å². The molecule has 1 saturated carbocycles. The van der Waals surface area contributed by atoms with E-state index in [1.807, 2.05) is 0 Å². The summed E-state index contributed by atoms with van der Waals surface area (Å²) in [5, 5.41) is -0.420. The van der Waals surface area contributed by atoms with Gasteiger partial charge in [0.1, 0.15) is 0 Å². The monoisotopic (exact) mass is 209 g/mol. The first-order valence-corrected chi connectivity index (χ1v) is 5.19. The van der Waals surface area contributed by atoms with Gasteiger partial charge in [0.05, 0.1) is 6.00 Å². The average Bonchev–Trinajstić information content (AvgIpc) is 2.07. The summed E-state index contributed by atoms with van der Waals surface area (Å²) in [6.45, 7) is 0. The zero-order valence-corrected chi connectivity index (χ0v) is 8.44. The van der Waals surface area contributed by atoms with Crippen LogP contribution in [0.5, 0.6) is 0 Å². The van der Waals surface area contributed by atoms with Crippen LogP contribution < -0.4 is 0 Å². The van der Waals surface area contributed by atoms with Crippen molar-refractivity contribution in [2.45, 2.75) is 38.1 Å². The van der Waals surface area contributed by atoms with Gasteiger partial charge in [-0.15, -0.1) is 11.6 Å². The van der Waals surface area contributed by atoms with Crippen LogP contribution in [0.3, 0.4) is 0 Å². The van der Waals surface area contributed by atoms with E-state index in [4.69, 9.17) is 23.2 Å². The van der Waals surface area contributed by atoms with Gasteiger partial charge < -0.3 is 4.90 Å². The number of amides is 1. The SMILES string of the molecule is O=C(Cl)N(CCl)C1CCCCC1. The van der Waals surface area contributed by atoms with E-state index >= 15 is 0 Å². The third-order valence-electron chi connectivity index (χ3n) is 2.37. The van der Waals surface area contributed by atoms with E-state index in [1.54, 1.807) is 4.90 Å². The van der Waals surface area contributed by atoms with Crippen molar-refractivity contribution >= 4 is 28.6 Å². The van der Waals surface area contributed by atoms with Crippen LogP contribution in [0.15, 0.2) is 0 Å². The number of halogens is 2. The maximum Gasteiger partial charge on any atom is 0.317 e. The van der Waals surface area contributed by atoms with Gasteiger partial charge in [-0.05, 0) is 24.4 Å². The molecule has 0 aromatic heterocycles. The molecule has 0 unspecified atom stereocenters. The number of hydrogen-bond acceptors (Lipinski definition) is 1. The summed E-state index contributed by atoms with van der Waals surface area (Å²) in [6, 6.07) is 0.494. The molecule has 0 aromatic rings. The largest absolute Gasteiger partial charge is 0.317 e. The van der Waals surface area contributed by atoms with Crippen LogP contribution in [-0.4, -0.2) is 22.3 Å². The Kier molecular flexibility index (Phi) is 4.16. The van der Waals surface area contributed by atoms with Gasteiger partial charge >= 0.3 is 5.37 Å². The highest BCUT2D eigenvalue weighted by molar-refractivity contribution is 6.63. The van der Waals surface area contributed by atoms with Gasteiger partial charge in [-0.2, -0.15) is 0 Å². The minimum Gasteiger partial charge on any atom is -0.313 e. The predicted octanol–water partition coefficient (Wildman–Crippen LogP) is 3.18. The molecule has 2 nitrogen and oxygen atoms in total. The van der Waals surface area contributed by atoms with Gasteiger partial charge in [-0.25, -0.2) is 0 Å². The molecule has 1 rings (SSSR count). The summed E-state index contributed by atoms with van der Waals surface area (Å²) in [7, 11) is 0. The van der Waals surface area contributed by atoms with Crippen molar-refractivity contribution in [3.63, 3.8) is 0 Å². The van der Waals surface area contributed by atoms with Gasteiger partial charge in [-0.3, -0.25) is 4.79 Å². The summed E-state index contributed by atoms with van der Waals surface area (Å²) in [5.41, 5.74) is 0. The zero-order valence-electron chi connectivity index (χ0n) is 6.93. The molecule has 0 aromatic carbocycles. The summed E-state index contributed by atoms with van der Waals surface area (Å²) < 4.78 is 0. The third kappa shape index (κ3) is 2.53. The Morgan fingerprint density at radius 2 is 1.92 bits per heavy atom. The van der Waals surface area contributed by atoms with E-state index in [0.29, 0.717) is 0 Å². The standard InChI is InChI=1S/C8H13Cl2NO/c9-6-11(8(10)12)7-4-2-1-3-5-7/h7H,1-6H2. The summed E-state index contributed by atoms with van der Waals surface area (Å²) in [5.74, 6) is 0. The van der Waals surface area contributed by atoms with Crippen molar-refractivity contribution in [3.05, 3.63) is 0 Å². The normalized spacial score (nSPS) is 19.2. The highest BCUT2D eigenvalue weighted by atomic mass is 35.5. The molecule has 12 heavy (non-hydrogen) atoms. The molecular weight excluding hydrogens is 197 g/mol. The van der Waals surface area contributed by atoms with E-state index in [2.05, 4.69) is 0 Å². The van der Waals surface area contributed by atoms with Crippen molar-refractivity contribution in [2.24, 2.45) is 0 Å². The van der Waals surface area contributed by atoms with Gasteiger partial charge in [0.15, 0.2) is 0 Å². The predicted molar refractivity (Wildman–Crippen MR) is 50.7 cm³/mol. The molecule has 1 amide bonds. The summed E-state index contributed by atoms with van der Waals surface area (Å²) in [6.07, 6.45) is 5.73. The van der Waals surface area contributed by atoms with Crippen LogP contribution in [0.2, 0.25) is 0 Å². The molecular formula is C8H13Cl2NO. The highest BCUT2D eigenvalue weighted by Gasteiger charge is 2.22. The molecule has 0 aliphatic heterocycles. The molecule has 0 radical (unpaired) electrons. The van der Waals surface area contributed by atoms with Gasteiger partial charge in [0.2, 0.25) is 0 Å². The highest BCUT2D eigenvalue weighted by Crippen LogP contribution is 2.23. The third-order valence-corrected chi connectivity index (χ3v) is 2.84. The van der Waals surface area contributed by atoms with Crippen LogP contribution >= 0.6 is 23.2 Å². The van der Waals surface area contributed by atoms with E-state index in [0.717, 1.165) is 12.8 Å². The van der Waals surface area contributed by atoms with Crippen LogP contribution in [0.25, 0.3) is 0 Å². The second-order valence-corrected chi connectivity index (χ2v) is 3.70. The van der Waals surface area contributed by atoms with Crippen molar-refractivity contribution in [3.8, 4) is 0 Å². The molecule has 0 atom stereocenters. The molecule has 1 fully saturated rings. The Hall–Kier alpha value is 0.0500. The molecule has 0 N–H and O–H groups in total. The molecule has 4 heteroatoms. The first-order valence-electron chi connectivity index (χ1n) is 4.27. The minimum absolute atomic E-state index is 0.215. The van der Waals surface area contributed by atoms with Crippen LogP contribution in [0, 0.1) is 0 Å². The van der Waals surface area contributed by atoms with Gasteiger partial charge in [0.25, 0.3) is 0 Å². The zero-order chi connectivity index (χ0) is 8.97. The fraction of sp³-hybridized carbons (Fsp3) is 0.875. The Bertz CT molecular complexity index is 157. The lowest BCUT2D eigenvalue weighted by atomic mass is 9.95. The lowest BCUT2D eigenvalue weighted by molar-refractivity contribution is 0.190. The van der Waals surface area contributed by atoms with Crippen LogP contribution in [0.1, 0.15) is 32.1 Å². The first kappa shape index (κ1) is 10.1. The molecule has 1 aliphatic rings. The Morgan fingerprint density at radius 3 is 2.33 bits per heavy atom. The number of rotatable bonds is 2. The van der Waals surface area contributed by atoms with Gasteiger partial charge in [-0.1, -0.05) is 19.3 Å². The Labute approximate surface area is 82.8 Å². The second kappa shape index (κ2) is 4.93. The number of carbonyl (C=O) groups excluding carboxylic acids is 1. The maximum atomic E-state index is 10.9. The van der Waals surface area contributed by atoms with Crippen molar-refractivity contribution in [1.82, 2.24) is 4.90 Å². The molecule has 0 spiro atoms. The fourth-order valence-electron chi connectivity index (χ4n) is 1.68. The van der Waals surface area contributed by atoms with Crippen molar-refractivity contribution in [1.29, 1.82) is 0 Å². The fourth-order valence-corrected chi connectivity index (χ4v) is 2.24. The van der Waals surface area contributed by atoms with E-state index in [9.17, 15) is 4.79 Å². The number of nitrogens with zero attached hydrogens (tertiary/aromatic N) is 1. The number of hydrogen-bond donors (Lipinski definition) is 0. The molecule has 0 bridgehead atoms. The quantitative estimate of drug-likeness (QED) is 0.389. The van der Waals surface area contributed by atoms with Crippen LogP contribution in [-0.2, 0) is 0 Å². The van der Waals surface area contributed by atoms with E-state index in [-0.39, 0.29) is 12.0 Å². The minimum atomic E-state index is -0.420. The smallest absolute Gasteiger partial charge is 0.313 e. The molecule has 70 valence electrons. The average molecular weight is 210 g/mol. The Balaban J connectivity index is 2.46. The summed E-state index contributed by atoms with van der Waals surface area (Å²) in [4.78, 5) is 12.4. The molecule has 0 saturated heterocycles. The summed E-state index contributed by atoms with van der Waals surface area (Å²) >= 11 is 11.0.